The maximum Gasteiger partial charge on any atom is 0.222 e. The van der Waals surface area contributed by atoms with Crippen LogP contribution in [0, 0.1) is 0 Å². The number of amides is 1. The smallest absolute Gasteiger partial charge is 0.222 e. The van der Waals surface area contributed by atoms with E-state index in [0.717, 1.165) is 17.1 Å². The lowest BCUT2D eigenvalue weighted by Crippen LogP contribution is -2.25. The van der Waals surface area contributed by atoms with Crippen LogP contribution in [0.5, 0.6) is 5.75 Å². The van der Waals surface area contributed by atoms with Gasteiger partial charge in [0.05, 0.1) is 7.11 Å². The number of ether oxygens (including phenoxy) is 1. The lowest BCUT2D eigenvalue weighted by Gasteiger charge is -2.06. The number of nitrogens with one attached hydrogen (secondary N) is 1. The third-order valence-corrected chi connectivity index (χ3v) is 3.42. The fourth-order valence-corrected chi connectivity index (χ4v) is 2.55. The standard InChI is InChI=1S/C12H16N2O2S2/c1-9(15)13-12(14-17-3)18-8-10-4-6-11(16-2)7-5-10/h4-7H,8H2,1-3H3,(H,13,14,15). The molecule has 6 heteroatoms. The van der Waals surface area contributed by atoms with Crippen LogP contribution < -0.4 is 10.1 Å². The predicted molar refractivity (Wildman–Crippen MR) is 79.1 cm³/mol. The molecule has 0 unspecified atom stereocenters. The third-order valence-electron chi connectivity index (χ3n) is 1.99. The van der Waals surface area contributed by atoms with Crippen LogP contribution in [0.3, 0.4) is 0 Å². The summed E-state index contributed by atoms with van der Waals surface area (Å²) in [5, 5.41) is 3.33. The summed E-state index contributed by atoms with van der Waals surface area (Å²) in [6, 6.07) is 7.83. The molecule has 0 spiro atoms. The van der Waals surface area contributed by atoms with Crippen molar-refractivity contribution in [1.29, 1.82) is 0 Å². The molecule has 0 aliphatic heterocycles. The molecule has 0 bridgehead atoms. The molecule has 1 aromatic rings. The predicted octanol–water partition coefficient (Wildman–Crippen LogP) is 2.70. The number of rotatable bonds is 4. The molecule has 0 fully saturated rings. The topological polar surface area (TPSA) is 50.7 Å². The zero-order chi connectivity index (χ0) is 13.4. The lowest BCUT2D eigenvalue weighted by atomic mass is 10.2. The Morgan fingerprint density at radius 2 is 2.06 bits per heavy atom. The lowest BCUT2D eigenvalue weighted by molar-refractivity contribution is -0.117. The number of benzene rings is 1. The molecule has 1 amide bonds. The number of nitrogens with zero attached hydrogens (tertiary/aromatic N) is 1. The van der Waals surface area contributed by atoms with Crippen molar-refractivity contribution in [3.05, 3.63) is 29.8 Å². The second-order valence-corrected chi connectivity index (χ2v) is 4.91. The van der Waals surface area contributed by atoms with Crippen LogP contribution in [0.4, 0.5) is 0 Å². The Hall–Kier alpha value is -1.14. The highest BCUT2D eigenvalue weighted by Crippen LogP contribution is 2.17. The van der Waals surface area contributed by atoms with E-state index in [1.54, 1.807) is 7.11 Å². The largest absolute Gasteiger partial charge is 0.497 e. The normalized spacial score (nSPS) is 11.2. The zero-order valence-electron chi connectivity index (χ0n) is 10.6. The summed E-state index contributed by atoms with van der Waals surface area (Å²) in [7, 11) is 1.64. The minimum atomic E-state index is -0.106. The number of methoxy groups -OCH3 is 1. The fraction of sp³-hybridized carbons (Fsp3) is 0.333. The second kappa shape index (κ2) is 8.05. The Kier molecular flexibility index (Phi) is 6.67. The van der Waals surface area contributed by atoms with Crippen molar-refractivity contribution in [2.24, 2.45) is 4.40 Å². The van der Waals surface area contributed by atoms with Gasteiger partial charge in [-0.3, -0.25) is 4.79 Å². The number of hydrogen-bond donors (Lipinski definition) is 1. The summed E-state index contributed by atoms with van der Waals surface area (Å²) in [4.78, 5) is 11.0. The first-order chi connectivity index (χ1) is 8.65. The van der Waals surface area contributed by atoms with Crippen LogP contribution in [0.25, 0.3) is 0 Å². The van der Waals surface area contributed by atoms with E-state index in [4.69, 9.17) is 4.74 Å². The zero-order valence-corrected chi connectivity index (χ0v) is 12.2. The van der Waals surface area contributed by atoms with E-state index < -0.39 is 0 Å². The van der Waals surface area contributed by atoms with Gasteiger partial charge in [-0.2, -0.15) is 4.40 Å². The Bertz CT molecular complexity index is 419. The maximum atomic E-state index is 11.0. The molecule has 0 heterocycles. The molecule has 0 atom stereocenters. The first-order valence-electron chi connectivity index (χ1n) is 5.30. The highest BCUT2D eigenvalue weighted by molar-refractivity contribution is 8.14. The first kappa shape index (κ1) is 14.9. The molecule has 0 saturated carbocycles. The molecule has 0 aromatic heterocycles. The van der Waals surface area contributed by atoms with Crippen LogP contribution in [0.15, 0.2) is 28.7 Å². The molecule has 1 aromatic carbocycles. The Balaban J connectivity index is 2.55. The van der Waals surface area contributed by atoms with E-state index in [9.17, 15) is 4.79 Å². The summed E-state index contributed by atoms with van der Waals surface area (Å²) in [6.07, 6.45) is 1.86. The quantitative estimate of drug-likeness (QED) is 0.525. The summed E-state index contributed by atoms with van der Waals surface area (Å²) >= 11 is 2.82. The third kappa shape index (κ3) is 5.46. The molecule has 0 radical (unpaired) electrons. The summed E-state index contributed by atoms with van der Waals surface area (Å²) < 4.78 is 9.25. The first-order valence-corrected chi connectivity index (χ1v) is 7.47. The molecule has 98 valence electrons. The van der Waals surface area contributed by atoms with Gasteiger partial charge in [0, 0.05) is 18.9 Å². The van der Waals surface area contributed by atoms with Crippen molar-refractivity contribution in [1.82, 2.24) is 5.32 Å². The van der Waals surface area contributed by atoms with E-state index in [2.05, 4.69) is 9.71 Å². The van der Waals surface area contributed by atoms with Crippen molar-refractivity contribution in [3.63, 3.8) is 0 Å². The van der Waals surface area contributed by atoms with Crippen molar-refractivity contribution in [2.45, 2.75) is 12.7 Å². The van der Waals surface area contributed by atoms with E-state index in [1.165, 1.54) is 30.6 Å². The number of amidine groups is 1. The maximum absolute atomic E-state index is 11.0. The molecule has 18 heavy (non-hydrogen) atoms. The van der Waals surface area contributed by atoms with Gasteiger partial charge in [0.2, 0.25) is 5.91 Å². The van der Waals surface area contributed by atoms with E-state index in [-0.39, 0.29) is 5.91 Å². The summed E-state index contributed by atoms with van der Waals surface area (Å²) in [5.74, 6) is 1.48. The highest BCUT2D eigenvalue weighted by Gasteiger charge is 2.03. The number of carbonyl (C=O) groups is 1. The molecule has 0 aliphatic carbocycles. The van der Waals surface area contributed by atoms with E-state index in [0.29, 0.717) is 5.17 Å². The van der Waals surface area contributed by atoms with Gasteiger partial charge in [0.1, 0.15) is 5.75 Å². The molecule has 1 rings (SSSR count). The Labute approximate surface area is 116 Å². The molecule has 4 nitrogen and oxygen atoms in total. The van der Waals surface area contributed by atoms with Gasteiger partial charge in [-0.25, -0.2) is 0 Å². The van der Waals surface area contributed by atoms with Gasteiger partial charge < -0.3 is 10.1 Å². The van der Waals surface area contributed by atoms with Gasteiger partial charge in [-0.1, -0.05) is 23.9 Å². The molecule has 0 saturated heterocycles. The van der Waals surface area contributed by atoms with Crippen LogP contribution in [-0.2, 0) is 10.5 Å². The average Bonchev–Trinajstić information content (AvgIpc) is 2.36. The Morgan fingerprint density at radius 3 is 2.56 bits per heavy atom. The van der Waals surface area contributed by atoms with Gasteiger partial charge >= 0.3 is 0 Å². The average molecular weight is 284 g/mol. The van der Waals surface area contributed by atoms with Crippen molar-refractivity contribution in [3.8, 4) is 5.75 Å². The van der Waals surface area contributed by atoms with Crippen LogP contribution in [0.2, 0.25) is 0 Å². The number of hydrogen-bond acceptors (Lipinski definition) is 5. The van der Waals surface area contributed by atoms with Crippen molar-refractivity contribution >= 4 is 34.8 Å². The van der Waals surface area contributed by atoms with Crippen LogP contribution in [-0.4, -0.2) is 24.4 Å². The minimum absolute atomic E-state index is 0.106. The Morgan fingerprint density at radius 1 is 1.39 bits per heavy atom. The number of thioether (sulfide) groups is 1. The van der Waals surface area contributed by atoms with Crippen molar-refractivity contribution < 1.29 is 9.53 Å². The fourth-order valence-electron chi connectivity index (χ4n) is 1.19. The van der Waals surface area contributed by atoms with Crippen LogP contribution in [0.1, 0.15) is 12.5 Å². The summed E-state index contributed by atoms with van der Waals surface area (Å²) in [5.41, 5.74) is 1.15. The molecular formula is C12H16N2O2S2. The molecular weight excluding hydrogens is 268 g/mol. The second-order valence-electron chi connectivity index (χ2n) is 3.40. The van der Waals surface area contributed by atoms with E-state index >= 15 is 0 Å². The van der Waals surface area contributed by atoms with Gasteiger partial charge in [-0.05, 0) is 29.6 Å². The van der Waals surface area contributed by atoms with Crippen LogP contribution >= 0.6 is 23.7 Å². The monoisotopic (exact) mass is 284 g/mol. The number of carbonyl (C=O) groups excluding carboxylic acids is 1. The molecule has 0 aliphatic rings. The minimum Gasteiger partial charge on any atom is -0.497 e. The van der Waals surface area contributed by atoms with Crippen molar-refractivity contribution in [2.75, 3.05) is 13.4 Å². The summed E-state index contributed by atoms with van der Waals surface area (Å²) in [6.45, 7) is 1.48. The molecule has 1 N–H and O–H groups in total. The highest BCUT2D eigenvalue weighted by atomic mass is 32.2. The SMILES string of the molecule is COc1ccc(CS/C(=N/SC)NC(C)=O)cc1. The van der Waals surface area contributed by atoms with Gasteiger partial charge in [0.25, 0.3) is 0 Å². The van der Waals surface area contributed by atoms with Gasteiger partial charge in [0.15, 0.2) is 5.17 Å². The van der Waals surface area contributed by atoms with E-state index in [1.807, 2.05) is 30.5 Å². The van der Waals surface area contributed by atoms with Gasteiger partial charge in [-0.15, -0.1) is 0 Å².